The smallest absolute Gasteiger partial charge is 0.0307 e. The summed E-state index contributed by atoms with van der Waals surface area (Å²) >= 11 is 5.76. The Balaban J connectivity index is 2.75. The van der Waals surface area contributed by atoms with E-state index in [2.05, 4.69) is 13.8 Å². The number of hydrogen-bond acceptors (Lipinski definition) is 0. The minimum Gasteiger partial charge on any atom is -0.123 e. The van der Waals surface area contributed by atoms with E-state index in [0.717, 1.165) is 0 Å². The quantitative estimate of drug-likeness (QED) is 0.413. The van der Waals surface area contributed by atoms with Crippen molar-refractivity contribution in [1.29, 1.82) is 0 Å². The summed E-state index contributed by atoms with van der Waals surface area (Å²) < 4.78 is 0. The third-order valence-electron chi connectivity index (χ3n) is 1.46. The fourth-order valence-corrected chi connectivity index (χ4v) is 1.01. The van der Waals surface area contributed by atoms with Crippen LogP contribution in [0.15, 0.2) is 0 Å². The van der Waals surface area contributed by atoms with Crippen molar-refractivity contribution in [1.82, 2.24) is 0 Å². The summed E-state index contributed by atoms with van der Waals surface area (Å²) in [7, 11) is 0. The highest BCUT2D eigenvalue weighted by atomic mass is 35.5. The molecule has 0 unspecified atom stereocenters. The van der Waals surface area contributed by atoms with Gasteiger partial charge in [-0.15, -0.1) is 11.6 Å². The van der Waals surface area contributed by atoms with Gasteiger partial charge >= 0.3 is 0 Å². The Morgan fingerprint density at radius 1 is 1.22 bits per heavy atom. The lowest BCUT2D eigenvalue weighted by Gasteiger charge is -2.00. The Bertz CT molecular complexity index is 50.5. The molecule has 0 aromatic heterocycles. The molecule has 0 aliphatic heterocycles. The summed E-state index contributed by atoms with van der Waals surface area (Å²) in [5.74, 6) is 0. The fourth-order valence-electron chi connectivity index (χ4n) is 0.852. The van der Waals surface area contributed by atoms with E-state index in [1.165, 1.54) is 32.1 Å². The third-order valence-corrected chi connectivity index (χ3v) is 1.67. The third kappa shape index (κ3) is 8.29. The zero-order valence-electron chi connectivity index (χ0n) is 6.49. The molecule has 1 heteroatoms. The lowest BCUT2D eigenvalue weighted by atomic mass is 10.1. The average molecular weight is 149 g/mol. The van der Waals surface area contributed by atoms with Crippen molar-refractivity contribution in [2.24, 2.45) is 0 Å². The van der Waals surface area contributed by atoms with Crippen molar-refractivity contribution in [3.63, 3.8) is 0 Å². The fraction of sp³-hybridized carbons (Fsp3) is 1.00. The number of halogens is 1. The van der Waals surface area contributed by atoms with E-state index >= 15 is 0 Å². The molecule has 0 bridgehead atoms. The molecule has 0 aliphatic rings. The highest BCUT2D eigenvalue weighted by Gasteiger charge is 1.93. The molecular formula is C8H17Cl. The molecule has 0 aromatic rings. The van der Waals surface area contributed by atoms with Crippen LogP contribution >= 0.6 is 11.6 Å². The minimum atomic E-state index is 0.377. The van der Waals surface area contributed by atoms with Crippen LogP contribution in [0.2, 0.25) is 0 Å². The van der Waals surface area contributed by atoms with Gasteiger partial charge in [0.2, 0.25) is 0 Å². The zero-order chi connectivity index (χ0) is 7.11. The van der Waals surface area contributed by atoms with E-state index in [1.807, 2.05) is 0 Å². The first-order valence-corrected chi connectivity index (χ1v) is 4.35. The average Bonchev–Trinajstić information content (AvgIpc) is 1.80. The second kappa shape index (κ2) is 6.41. The highest BCUT2D eigenvalue weighted by Crippen LogP contribution is 2.08. The molecule has 9 heavy (non-hydrogen) atoms. The first kappa shape index (κ1) is 9.29. The lowest BCUT2D eigenvalue weighted by molar-refractivity contribution is 0.628. The zero-order valence-corrected chi connectivity index (χ0v) is 7.25. The predicted octanol–water partition coefficient (Wildman–Crippen LogP) is 3.58. The van der Waals surface area contributed by atoms with Gasteiger partial charge in [-0.25, -0.2) is 0 Å². The van der Waals surface area contributed by atoms with Gasteiger partial charge in [0.25, 0.3) is 0 Å². The van der Waals surface area contributed by atoms with E-state index in [1.54, 1.807) is 0 Å². The normalized spacial score (nSPS) is 13.7. The van der Waals surface area contributed by atoms with Gasteiger partial charge in [0, 0.05) is 5.38 Å². The van der Waals surface area contributed by atoms with Crippen molar-refractivity contribution < 1.29 is 0 Å². The van der Waals surface area contributed by atoms with Crippen molar-refractivity contribution in [2.75, 3.05) is 0 Å². The Morgan fingerprint density at radius 2 is 1.89 bits per heavy atom. The summed E-state index contributed by atoms with van der Waals surface area (Å²) in [5.41, 5.74) is 0. The van der Waals surface area contributed by atoms with Gasteiger partial charge in [0.15, 0.2) is 0 Å². The van der Waals surface area contributed by atoms with Crippen molar-refractivity contribution in [3.05, 3.63) is 0 Å². The van der Waals surface area contributed by atoms with Crippen LogP contribution in [0.3, 0.4) is 0 Å². The molecule has 0 rings (SSSR count). The molecule has 0 spiro atoms. The topological polar surface area (TPSA) is 0 Å². The summed E-state index contributed by atoms with van der Waals surface area (Å²) in [5, 5.41) is 0.377. The number of hydrogen-bond donors (Lipinski definition) is 0. The highest BCUT2D eigenvalue weighted by molar-refractivity contribution is 6.20. The maximum Gasteiger partial charge on any atom is 0.0307 e. The summed E-state index contributed by atoms with van der Waals surface area (Å²) in [6.07, 6.45) is 6.52. The van der Waals surface area contributed by atoms with Crippen LogP contribution in [0.5, 0.6) is 0 Å². The van der Waals surface area contributed by atoms with Crippen molar-refractivity contribution in [3.8, 4) is 0 Å². The van der Waals surface area contributed by atoms with Gasteiger partial charge < -0.3 is 0 Å². The van der Waals surface area contributed by atoms with Crippen LogP contribution < -0.4 is 0 Å². The molecular weight excluding hydrogens is 132 g/mol. The Morgan fingerprint density at radius 3 is 2.33 bits per heavy atom. The van der Waals surface area contributed by atoms with Gasteiger partial charge in [-0.3, -0.25) is 0 Å². The van der Waals surface area contributed by atoms with E-state index in [0.29, 0.717) is 5.38 Å². The van der Waals surface area contributed by atoms with Crippen LogP contribution in [0, 0.1) is 0 Å². The molecule has 0 N–H and O–H groups in total. The monoisotopic (exact) mass is 148 g/mol. The van der Waals surface area contributed by atoms with Crippen LogP contribution in [0.1, 0.15) is 46.0 Å². The minimum absolute atomic E-state index is 0.377. The van der Waals surface area contributed by atoms with Gasteiger partial charge in [-0.2, -0.15) is 0 Å². The van der Waals surface area contributed by atoms with Gasteiger partial charge in [0.05, 0.1) is 0 Å². The molecule has 0 saturated carbocycles. The van der Waals surface area contributed by atoms with Crippen LogP contribution in [-0.2, 0) is 0 Å². The number of alkyl halides is 1. The van der Waals surface area contributed by atoms with Crippen LogP contribution in [0.25, 0.3) is 0 Å². The largest absolute Gasteiger partial charge is 0.123 e. The van der Waals surface area contributed by atoms with Crippen LogP contribution in [0.4, 0.5) is 0 Å². The van der Waals surface area contributed by atoms with Gasteiger partial charge in [0.1, 0.15) is 0 Å². The second-order valence-electron chi connectivity index (χ2n) is 2.63. The SMILES string of the molecule is CCCCCC[C@@H](C)Cl. The van der Waals surface area contributed by atoms with E-state index in [9.17, 15) is 0 Å². The maximum atomic E-state index is 5.76. The first-order chi connectivity index (χ1) is 4.27. The lowest BCUT2D eigenvalue weighted by Crippen LogP contribution is -1.89. The van der Waals surface area contributed by atoms with Crippen molar-refractivity contribution >= 4 is 11.6 Å². The molecule has 56 valence electrons. The molecule has 0 amide bonds. The van der Waals surface area contributed by atoms with E-state index < -0.39 is 0 Å². The number of unbranched alkanes of at least 4 members (excludes halogenated alkanes) is 3. The Hall–Kier alpha value is 0.290. The maximum absolute atomic E-state index is 5.76. The van der Waals surface area contributed by atoms with E-state index in [-0.39, 0.29) is 0 Å². The molecule has 0 heterocycles. The van der Waals surface area contributed by atoms with Crippen LogP contribution in [-0.4, -0.2) is 5.38 Å². The first-order valence-electron chi connectivity index (χ1n) is 3.91. The Kier molecular flexibility index (Phi) is 6.62. The molecule has 1 atom stereocenters. The molecule has 0 aliphatic carbocycles. The van der Waals surface area contributed by atoms with Crippen molar-refractivity contribution in [2.45, 2.75) is 51.3 Å². The Labute approximate surface area is 63.6 Å². The molecule has 0 radical (unpaired) electrons. The van der Waals surface area contributed by atoms with E-state index in [4.69, 9.17) is 11.6 Å². The summed E-state index contributed by atoms with van der Waals surface area (Å²) in [6.45, 7) is 4.29. The molecule has 0 saturated heterocycles. The second-order valence-corrected chi connectivity index (χ2v) is 3.38. The molecule has 0 aromatic carbocycles. The molecule has 0 fully saturated rings. The number of rotatable bonds is 5. The summed E-state index contributed by atoms with van der Waals surface area (Å²) in [4.78, 5) is 0. The predicted molar refractivity (Wildman–Crippen MR) is 44.1 cm³/mol. The summed E-state index contributed by atoms with van der Waals surface area (Å²) in [6, 6.07) is 0. The van der Waals surface area contributed by atoms with Gasteiger partial charge in [-0.1, -0.05) is 32.6 Å². The molecule has 0 nitrogen and oxygen atoms in total. The van der Waals surface area contributed by atoms with Gasteiger partial charge in [-0.05, 0) is 13.3 Å². The standard InChI is InChI=1S/C8H17Cl/c1-3-4-5-6-7-8(2)9/h8H,3-7H2,1-2H3/t8-/m1/s1.